The van der Waals surface area contributed by atoms with E-state index >= 15 is 0 Å². The van der Waals surface area contributed by atoms with E-state index in [0.29, 0.717) is 0 Å². The van der Waals surface area contributed by atoms with E-state index < -0.39 is 27.7 Å². The van der Waals surface area contributed by atoms with Crippen molar-refractivity contribution >= 4 is 43.5 Å². The molecule has 0 unspecified atom stereocenters. The molecule has 0 radical (unpaired) electrons. The van der Waals surface area contributed by atoms with Crippen LogP contribution >= 0.6 is 15.9 Å². The summed E-state index contributed by atoms with van der Waals surface area (Å²) < 4.78 is 53.3. The zero-order valence-corrected chi connectivity index (χ0v) is 22.5. The van der Waals surface area contributed by atoms with E-state index in [1.807, 2.05) is 38.1 Å². The molecule has 2 amide bonds. The van der Waals surface area contributed by atoms with Gasteiger partial charge in [0.1, 0.15) is 6.04 Å². The van der Waals surface area contributed by atoms with Crippen LogP contribution in [-0.4, -0.2) is 50.0 Å². The summed E-state index contributed by atoms with van der Waals surface area (Å²) in [7, 11) is -3.81. The van der Waals surface area contributed by atoms with Gasteiger partial charge in [0.15, 0.2) is 11.6 Å². The van der Waals surface area contributed by atoms with Gasteiger partial charge in [-0.25, -0.2) is 17.2 Å². The van der Waals surface area contributed by atoms with E-state index in [-0.39, 0.29) is 49.5 Å². The summed E-state index contributed by atoms with van der Waals surface area (Å²) in [6.07, 6.45) is 1.01. The molecule has 0 spiro atoms. The molecular weight excluding hydrogens is 544 g/mol. The Kier molecular flexibility index (Phi) is 10.2. The summed E-state index contributed by atoms with van der Waals surface area (Å²) in [5, 5.41) is 2.80. The summed E-state index contributed by atoms with van der Waals surface area (Å²) in [6, 6.07) is 9.31. The van der Waals surface area contributed by atoms with Crippen molar-refractivity contribution in [1.29, 1.82) is 0 Å². The number of hydrogen-bond donors (Lipinski definition) is 1. The van der Waals surface area contributed by atoms with Gasteiger partial charge in [0.25, 0.3) is 0 Å². The van der Waals surface area contributed by atoms with Gasteiger partial charge in [0, 0.05) is 36.1 Å². The molecule has 2 rings (SSSR count). The number of carbonyl (C=O) groups is 2. The molecule has 0 bridgehead atoms. The van der Waals surface area contributed by atoms with Crippen molar-refractivity contribution in [2.75, 3.05) is 17.1 Å². The third-order valence-corrected chi connectivity index (χ3v) is 6.87. The van der Waals surface area contributed by atoms with E-state index in [4.69, 9.17) is 0 Å². The van der Waals surface area contributed by atoms with Crippen LogP contribution in [0.25, 0.3) is 0 Å². The van der Waals surface area contributed by atoms with Crippen molar-refractivity contribution in [1.82, 2.24) is 10.2 Å². The quantitative estimate of drug-likeness (QED) is 0.436. The molecule has 1 N–H and O–H groups in total. The van der Waals surface area contributed by atoms with E-state index in [0.717, 1.165) is 32.7 Å². The minimum Gasteiger partial charge on any atom is -0.352 e. The molecule has 0 aliphatic rings. The standard InChI is InChI=1S/C24H30BrF2N3O4S/c1-16(2)28-24(32)17(3)29(15-18-7-5-8-19(25)13-18)23(31)9-6-12-30(35(4,33)34)20-10-11-21(26)22(27)14-20/h5,7-8,10-11,13-14,16-17H,6,9,12,15H2,1-4H3,(H,28,32)/t17-/m1/s1. The molecular formula is C24H30BrF2N3O4S. The molecule has 192 valence electrons. The lowest BCUT2D eigenvalue weighted by atomic mass is 10.1. The first kappa shape index (κ1) is 28.7. The maximum atomic E-state index is 13.7. The van der Waals surface area contributed by atoms with Crippen LogP contribution in [0.5, 0.6) is 0 Å². The average molecular weight is 574 g/mol. The first-order valence-corrected chi connectivity index (χ1v) is 13.7. The smallest absolute Gasteiger partial charge is 0.242 e. The van der Waals surface area contributed by atoms with Gasteiger partial charge in [0.2, 0.25) is 21.8 Å². The highest BCUT2D eigenvalue weighted by Gasteiger charge is 2.27. The molecule has 0 saturated carbocycles. The third kappa shape index (κ3) is 8.57. The second-order valence-electron chi connectivity index (χ2n) is 8.53. The highest BCUT2D eigenvalue weighted by molar-refractivity contribution is 9.10. The molecule has 1 atom stereocenters. The van der Waals surface area contributed by atoms with Gasteiger partial charge in [-0.2, -0.15) is 0 Å². The Labute approximate surface area is 213 Å². The first-order chi connectivity index (χ1) is 16.3. The summed E-state index contributed by atoms with van der Waals surface area (Å²) in [5.74, 6) is -2.90. The molecule has 35 heavy (non-hydrogen) atoms. The molecule has 2 aromatic carbocycles. The number of amides is 2. The number of halogens is 3. The van der Waals surface area contributed by atoms with E-state index in [1.165, 1.54) is 11.0 Å². The van der Waals surface area contributed by atoms with E-state index in [9.17, 15) is 26.8 Å². The zero-order valence-electron chi connectivity index (χ0n) is 20.1. The predicted molar refractivity (Wildman–Crippen MR) is 135 cm³/mol. The SMILES string of the molecule is CC(C)NC(=O)[C@@H](C)N(Cc1cccc(Br)c1)C(=O)CCCN(c1ccc(F)c(F)c1)S(C)(=O)=O. The fourth-order valence-corrected chi connectivity index (χ4v) is 4.87. The fourth-order valence-electron chi connectivity index (χ4n) is 3.46. The Bertz CT molecular complexity index is 1160. The number of nitrogens with one attached hydrogen (secondary N) is 1. The minimum absolute atomic E-state index is 0.0329. The number of benzene rings is 2. The first-order valence-electron chi connectivity index (χ1n) is 11.1. The van der Waals surface area contributed by atoms with Crippen molar-refractivity contribution in [2.45, 2.75) is 52.2 Å². The molecule has 7 nitrogen and oxygen atoms in total. The maximum Gasteiger partial charge on any atom is 0.242 e. The summed E-state index contributed by atoms with van der Waals surface area (Å²) in [6.45, 7) is 5.35. The number of carbonyl (C=O) groups excluding carboxylic acids is 2. The normalized spacial score (nSPS) is 12.3. The lowest BCUT2D eigenvalue weighted by Crippen LogP contribution is -2.49. The second kappa shape index (κ2) is 12.4. The Balaban J connectivity index is 2.19. The van der Waals surface area contributed by atoms with Crippen LogP contribution in [-0.2, 0) is 26.2 Å². The van der Waals surface area contributed by atoms with Gasteiger partial charge in [-0.15, -0.1) is 0 Å². The van der Waals surface area contributed by atoms with Crippen LogP contribution in [0.3, 0.4) is 0 Å². The molecule has 11 heteroatoms. The lowest BCUT2D eigenvalue weighted by molar-refractivity contribution is -0.140. The Morgan fingerprint density at radius 3 is 2.31 bits per heavy atom. The number of sulfonamides is 1. The van der Waals surface area contributed by atoms with Crippen LogP contribution in [0.4, 0.5) is 14.5 Å². The monoisotopic (exact) mass is 573 g/mol. The van der Waals surface area contributed by atoms with Crippen LogP contribution in [0.1, 0.15) is 39.2 Å². The summed E-state index contributed by atoms with van der Waals surface area (Å²) >= 11 is 3.40. The fraction of sp³-hybridized carbons (Fsp3) is 0.417. The molecule has 0 heterocycles. The van der Waals surface area contributed by atoms with Crippen molar-refractivity contribution < 1.29 is 26.8 Å². The van der Waals surface area contributed by atoms with Gasteiger partial charge in [-0.3, -0.25) is 13.9 Å². The van der Waals surface area contributed by atoms with Gasteiger partial charge < -0.3 is 10.2 Å². The van der Waals surface area contributed by atoms with Crippen molar-refractivity contribution in [3.8, 4) is 0 Å². The van der Waals surface area contributed by atoms with Gasteiger partial charge in [-0.05, 0) is 57.0 Å². The van der Waals surface area contributed by atoms with Gasteiger partial charge in [-0.1, -0.05) is 28.1 Å². The number of nitrogens with zero attached hydrogens (tertiary/aromatic N) is 2. The lowest BCUT2D eigenvalue weighted by Gasteiger charge is -2.30. The van der Waals surface area contributed by atoms with Gasteiger partial charge in [0.05, 0.1) is 11.9 Å². The van der Waals surface area contributed by atoms with Crippen LogP contribution in [0.2, 0.25) is 0 Å². The van der Waals surface area contributed by atoms with Crippen molar-refractivity contribution in [3.05, 3.63) is 64.1 Å². The van der Waals surface area contributed by atoms with Crippen LogP contribution in [0, 0.1) is 11.6 Å². The summed E-state index contributed by atoms with van der Waals surface area (Å²) in [5.41, 5.74) is 0.783. The van der Waals surface area contributed by atoms with Crippen LogP contribution in [0.15, 0.2) is 46.9 Å². The number of hydrogen-bond acceptors (Lipinski definition) is 4. The van der Waals surface area contributed by atoms with Crippen molar-refractivity contribution in [2.24, 2.45) is 0 Å². The second-order valence-corrected chi connectivity index (χ2v) is 11.4. The number of anilines is 1. The highest BCUT2D eigenvalue weighted by Crippen LogP contribution is 2.22. The van der Waals surface area contributed by atoms with Crippen LogP contribution < -0.4 is 9.62 Å². The molecule has 0 aliphatic carbocycles. The molecule has 0 fully saturated rings. The Morgan fingerprint density at radius 1 is 1.06 bits per heavy atom. The molecule has 0 aromatic heterocycles. The highest BCUT2D eigenvalue weighted by atomic mass is 79.9. The zero-order chi connectivity index (χ0) is 26.3. The third-order valence-electron chi connectivity index (χ3n) is 5.18. The topological polar surface area (TPSA) is 86.8 Å². The molecule has 0 saturated heterocycles. The maximum absolute atomic E-state index is 13.7. The minimum atomic E-state index is -3.81. The largest absolute Gasteiger partial charge is 0.352 e. The molecule has 0 aliphatic heterocycles. The Morgan fingerprint density at radius 2 is 1.74 bits per heavy atom. The van der Waals surface area contributed by atoms with E-state index in [1.54, 1.807) is 6.92 Å². The summed E-state index contributed by atoms with van der Waals surface area (Å²) in [4.78, 5) is 27.3. The van der Waals surface area contributed by atoms with E-state index in [2.05, 4.69) is 21.2 Å². The van der Waals surface area contributed by atoms with Gasteiger partial charge >= 0.3 is 0 Å². The predicted octanol–water partition coefficient (Wildman–Crippen LogP) is 4.22. The Hall–Kier alpha value is -2.53. The number of rotatable bonds is 11. The molecule has 2 aromatic rings. The average Bonchev–Trinajstić information content (AvgIpc) is 2.75. The van der Waals surface area contributed by atoms with Crippen molar-refractivity contribution in [3.63, 3.8) is 0 Å².